The van der Waals surface area contributed by atoms with Crippen molar-refractivity contribution in [2.45, 2.75) is 25.9 Å². The van der Waals surface area contributed by atoms with Crippen LogP contribution < -0.4 is 5.32 Å². The lowest BCUT2D eigenvalue weighted by Crippen LogP contribution is -2.31. The van der Waals surface area contributed by atoms with Gasteiger partial charge in [-0.3, -0.25) is 0 Å². The fourth-order valence-electron chi connectivity index (χ4n) is 1.90. The van der Waals surface area contributed by atoms with Crippen molar-refractivity contribution in [2.24, 2.45) is 0 Å². The van der Waals surface area contributed by atoms with Crippen molar-refractivity contribution >= 4 is 11.0 Å². The van der Waals surface area contributed by atoms with Gasteiger partial charge in [-0.2, -0.15) is 0 Å². The van der Waals surface area contributed by atoms with Gasteiger partial charge in [0.05, 0.1) is 6.61 Å². The van der Waals surface area contributed by atoms with E-state index in [-0.39, 0.29) is 18.7 Å². The summed E-state index contributed by atoms with van der Waals surface area (Å²) in [6.45, 7) is 4.19. The summed E-state index contributed by atoms with van der Waals surface area (Å²) in [4.78, 5) is 7.40. The van der Waals surface area contributed by atoms with Crippen LogP contribution in [0, 0.1) is 0 Å². The largest absolute Gasteiger partial charge is 0.395 e. The minimum absolute atomic E-state index is 0.0941. The number of nitrogens with zero attached hydrogens (tertiary/aromatic N) is 1. The molecule has 2 aromatic rings. The van der Waals surface area contributed by atoms with Crippen LogP contribution in [0.5, 0.6) is 0 Å². The van der Waals surface area contributed by atoms with Crippen LogP contribution in [-0.4, -0.2) is 27.7 Å². The van der Waals surface area contributed by atoms with Gasteiger partial charge in [0.15, 0.2) is 0 Å². The quantitative estimate of drug-likeness (QED) is 0.732. The standard InChI is InChI=1S/C12H17N3O/c1-8(7-16)15-9(2)11-6-14-12-10(11)4-3-5-13-12/h3-6,8-9,15-16H,7H2,1-2H3,(H,13,14)/t8-,9?/m0/s1. The number of H-pyrrole nitrogens is 1. The first-order valence-corrected chi connectivity index (χ1v) is 5.51. The predicted octanol–water partition coefficient (Wildman–Crippen LogP) is 1.59. The van der Waals surface area contributed by atoms with Crippen LogP contribution in [0.1, 0.15) is 25.5 Å². The number of rotatable bonds is 4. The van der Waals surface area contributed by atoms with E-state index in [1.807, 2.05) is 19.2 Å². The lowest BCUT2D eigenvalue weighted by Gasteiger charge is -2.17. The Hall–Kier alpha value is -1.39. The van der Waals surface area contributed by atoms with E-state index in [4.69, 9.17) is 5.11 Å². The maximum absolute atomic E-state index is 9.01. The van der Waals surface area contributed by atoms with Gasteiger partial charge < -0.3 is 15.4 Å². The zero-order chi connectivity index (χ0) is 11.5. The van der Waals surface area contributed by atoms with Gasteiger partial charge in [-0.1, -0.05) is 0 Å². The summed E-state index contributed by atoms with van der Waals surface area (Å²) in [6, 6.07) is 4.27. The molecule has 0 saturated heterocycles. The van der Waals surface area contributed by atoms with Gasteiger partial charge in [-0.05, 0) is 31.5 Å². The molecule has 16 heavy (non-hydrogen) atoms. The number of aromatic nitrogens is 2. The SMILES string of the molecule is CC(N[C@@H](C)CO)c1c[nH]c2ncccc12. The molecule has 2 atom stereocenters. The Morgan fingerprint density at radius 3 is 3.06 bits per heavy atom. The van der Waals surface area contributed by atoms with Gasteiger partial charge >= 0.3 is 0 Å². The van der Waals surface area contributed by atoms with Gasteiger partial charge in [-0.15, -0.1) is 0 Å². The van der Waals surface area contributed by atoms with Crippen molar-refractivity contribution in [3.63, 3.8) is 0 Å². The molecule has 0 spiro atoms. The second-order valence-electron chi connectivity index (χ2n) is 4.12. The molecule has 4 nitrogen and oxygen atoms in total. The highest BCUT2D eigenvalue weighted by atomic mass is 16.3. The van der Waals surface area contributed by atoms with Crippen molar-refractivity contribution < 1.29 is 5.11 Å². The summed E-state index contributed by atoms with van der Waals surface area (Å²) in [7, 11) is 0. The van der Waals surface area contributed by atoms with E-state index in [1.54, 1.807) is 6.20 Å². The van der Waals surface area contributed by atoms with Crippen LogP contribution in [0.15, 0.2) is 24.5 Å². The number of pyridine rings is 1. The Morgan fingerprint density at radius 1 is 1.50 bits per heavy atom. The highest BCUT2D eigenvalue weighted by Crippen LogP contribution is 2.22. The second kappa shape index (κ2) is 4.63. The van der Waals surface area contributed by atoms with Gasteiger partial charge in [-0.25, -0.2) is 4.98 Å². The summed E-state index contributed by atoms with van der Waals surface area (Å²) in [6.07, 6.45) is 3.75. The Labute approximate surface area is 94.7 Å². The van der Waals surface area contributed by atoms with Gasteiger partial charge in [0, 0.05) is 29.9 Å². The summed E-state index contributed by atoms with van der Waals surface area (Å²) in [5, 5.41) is 13.5. The first kappa shape index (κ1) is 11.1. The molecule has 0 saturated carbocycles. The van der Waals surface area contributed by atoms with Crippen LogP contribution in [0.4, 0.5) is 0 Å². The van der Waals surface area contributed by atoms with Gasteiger partial charge in [0.25, 0.3) is 0 Å². The molecule has 0 amide bonds. The summed E-state index contributed by atoms with van der Waals surface area (Å²) in [5.41, 5.74) is 2.09. The molecule has 1 unspecified atom stereocenters. The third kappa shape index (κ3) is 2.08. The van der Waals surface area contributed by atoms with E-state index in [2.05, 4.69) is 28.3 Å². The van der Waals surface area contributed by atoms with Crippen LogP contribution in [0.2, 0.25) is 0 Å². The number of nitrogens with one attached hydrogen (secondary N) is 2. The molecule has 2 aromatic heterocycles. The van der Waals surface area contributed by atoms with Crippen molar-refractivity contribution in [1.29, 1.82) is 0 Å². The highest BCUT2D eigenvalue weighted by Gasteiger charge is 2.13. The molecule has 0 aromatic carbocycles. The van der Waals surface area contributed by atoms with Crippen LogP contribution in [-0.2, 0) is 0 Å². The van der Waals surface area contributed by atoms with Gasteiger partial charge in [0.1, 0.15) is 5.65 Å². The highest BCUT2D eigenvalue weighted by molar-refractivity contribution is 5.79. The lowest BCUT2D eigenvalue weighted by atomic mass is 10.1. The van der Waals surface area contributed by atoms with E-state index in [1.165, 1.54) is 5.56 Å². The third-order valence-electron chi connectivity index (χ3n) is 2.76. The minimum Gasteiger partial charge on any atom is -0.395 e. The van der Waals surface area contributed by atoms with E-state index in [0.717, 1.165) is 11.0 Å². The van der Waals surface area contributed by atoms with Crippen LogP contribution in [0.25, 0.3) is 11.0 Å². The molecular formula is C12H17N3O. The maximum atomic E-state index is 9.01. The fourth-order valence-corrected chi connectivity index (χ4v) is 1.90. The molecule has 2 rings (SSSR count). The first-order valence-electron chi connectivity index (χ1n) is 5.51. The molecular weight excluding hydrogens is 202 g/mol. The lowest BCUT2D eigenvalue weighted by molar-refractivity contribution is 0.243. The normalized spacial score (nSPS) is 15.2. The van der Waals surface area contributed by atoms with Crippen molar-refractivity contribution in [1.82, 2.24) is 15.3 Å². The van der Waals surface area contributed by atoms with E-state index in [9.17, 15) is 0 Å². The number of hydrogen-bond acceptors (Lipinski definition) is 3. The average Bonchev–Trinajstić information content (AvgIpc) is 2.72. The summed E-state index contributed by atoms with van der Waals surface area (Å²) >= 11 is 0. The molecule has 0 radical (unpaired) electrons. The molecule has 86 valence electrons. The van der Waals surface area contributed by atoms with Crippen LogP contribution >= 0.6 is 0 Å². The van der Waals surface area contributed by atoms with E-state index < -0.39 is 0 Å². The zero-order valence-electron chi connectivity index (χ0n) is 9.57. The summed E-state index contributed by atoms with van der Waals surface area (Å²) in [5.74, 6) is 0. The maximum Gasteiger partial charge on any atom is 0.137 e. The molecule has 3 N–H and O–H groups in total. The van der Waals surface area contributed by atoms with Crippen LogP contribution in [0.3, 0.4) is 0 Å². The third-order valence-corrected chi connectivity index (χ3v) is 2.76. The Morgan fingerprint density at radius 2 is 2.31 bits per heavy atom. The zero-order valence-corrected chi connectivity index (χ0v) is 9.57. The first-order chi connectivity index (χ1) is 7.72. The second-order valence-corrected chi connectivity index (χ2v) is 4.12. The number of aromatic amines is 1. The smallest absolute Gasteiger partial charge is 0.137 e. The summed E-state index contributed by atoms with van der Waals surface area (Å²) < 4.78 is 0. The topological polar surface area (TPSA) is 60.9 Å². The average molecular weight is 219 g/mol. The molecule has 2 heterocycles. The molecule has 0 aliphatic carbocycles. The Bertz CT molecular complexity index is 466. The molecule has 0 aliphatic rings. The Balaban J connectivity index is 2.26. The van der Waals surface area contributed by atoms with Crippen molar-refractivity contribution in [3.8, 4) is 0 Å². The van der Waals surface area contributed by atoms with E-state index >= 15 is 0 Å². The molecule has 0 aliphatic heterocycles. The molecule has 0 fully saturated rings. The monoisotopic (exact) mass is 219 g/mol. The fraction of sp³-hybridized carbons (Fsp3) is 0.417. The molecule has 0 bridgehead atoms. The number of fused-ring (bicyclic) bond motifs is 1. The Kier molecular flexibility index (Phi) is 3.22. The predicted molar refractivity (Wildman–Crippen MR) is 64.2 cm³/mol. The van der Waals surface area contributed by atoms with Gasteiger partial charge in [0.2, 0.25) is 0 Å². The minimum atomic E-state index is 0.0941. The van der Waals surface area contributed by atoms with E-state index in [0.29, 0.717) is 0 Å². The number of hydrogen-bond donors (Lipinski definition) is 3. The van der Waals surface area contributed by atoms with Crippen molar-refractivity contribution in [2.75, 3.05) is 6.61 Å². The molecule has 4 heteroatoms. The van der Waals surface area contributed by atoms with Crippen molar-refractivity contribution in [3.05, 3.63) is 30.1 Å². The number of aliphatic hydroxyl groups excluding tert-OH is 1. The number of aliphatic hydroxyl groups is 1.